The van der Waals surface area contributed by atoms with Gasteiger partial charge < -0.3 is 0 Å². The monoisotopic (exact) mass is 533 g/mol. The van der Waals surface area contributed by atoms with Gasteiger partial charge in [-0.05, 0) is 138 Å². The molecular formula is C39H64. The average Bonchev–Trinajstić information content (AvgIpc) is 2.97. The van der Waals surface area contributed by atoms with Crippen LogP contribution in [-0.2, 0) is 12.8 Å². The second kappa shape index (κ2) is 16.0. The van der Waals surface area contributed by atoms with Gasteiger partial charge in [0.1, 0.15) is 0 Å². The molecule has 0 fully saturated rings. The molecule has 39 heavy (non-hydrogen) atoms. The Hall–Kier alpha value is -1.56. The Morgan fingerprint density at radius 2 is 0.641 bits per heavy atom. The maximum absolute atomic E-state index is 2.51. The summed E-state index contributed by atoms with van der Waals surface area (Å²) in [6.07, 6.45) is 10.9. The molecule has 0 heteroatoms. The average molecular weight is 533 g/mol. The summed E-state index contributed by atoms with van der Waals surface area (Å²) in [4.78, 5) is 0. The Kier molecular flexibility index (Phi) is 13.8. The molecule has 0 aliphatic rings. The minimum Gasteiger partial charge on any atom is -0.0648 e. The topological polar surface area (TPSA) is 0 Å². The zero-order valence-electron chi connectivity index (χ0n) is 28.1. The number of hydrogen-bond acceptors (Lipinski definition) is 0. The zero-order chi connectivity index (χ0) is 29.3. The Labute approximate surface area is 244 Å². The maximum atomic E-state index is 2.51. The van der Waals surface area contributed by atoms with Crippen LogP contribution in [-0.4, -0.2) is 0 Å². The van der Waals surface area contributed by atoms with Crippen LogP contribution in [0.4, 0.5) is 0 Å². The van der Waals surface area contributed by atoms with Crippen LogP contribution >= 0.6 is 0 Å². The van der Waals surface area contributed by atoms with Crippen LogP contribution in [0.2, 0.25) is 0 Å². The first-order chi connectivity index (χ1) is 18.6. The summed E-state index contributed by atoms with van der Waals surface area (Å²) in [7, 11) is 0. The van der Waals surface area contributed by atoms with Crippen LogP contribution in [0.15, 0.2) is 24.3 Å². The van der Waals surface area contributed by atoms with Crippen LogP contribution in [0.1, 0.15) is 208 Å². The summed E-state index contributed by atoms with van der Waals surface area (Å²) in [5.74, 6) is 3.73. The van der Waals surface area contributed by atoms with E-state index in [-0.39, 0.29) is 0 Å². The van der Waals surface area contributed by atoms with E-state index in [4.69, 9.17) is 0 Å². The van der Waals surface area contributed by atoms with E-state index >= 15 is 0 Å². The van der Waals surface area contributed by atoms with Gasteiger partial charge in [0.15, 0.2) is 0 Å². The lowest BCUT2D eigenvalue weighted by Gasteiger charge is -2.29. The third kappa shape index (κ3) is 7.80. The van der Waals surface area contributed by atoms with E-state index in [9.17, 15) is 0 Å². The molecule has 0 saturated carbocycles. The second-order valence-electron chi connectivity index (χ2n) is 13.0. The lowest BCUT2D eigenvalue weighted by Crippen LogP contribution is -2.13. The molecule has 0 aromatic heterocycles. The predicted molar refractivity (Wildman–Crippen MR) is 177 cm³/mol. The largest absolute Gasteiger partial charge is 0.0648 e. The van der Waals surface area contributed by atoms with Crippen molar-refractivity contribution in [2.24, 2.45) is 0 Å². The van der Waals surface area contributed by atoms with Gasteiger partial charge in [-0.15, -0.1) is 0 Å². The Balaban J connectivity index is 2.65. The van der Waals surface area contributed by atoms with Crippen molar-refractivity contribution in [2.75, 3.05) is 0 Å². The van der Waals surface area contributed by atoms with Gasteiger partial charge in [0.2, 0.25) is 0 Å². The first-order valence-corrected chi connectivity index (χ1v) is 16.9. The summed E-state index contributed by atoms with van der Waals surface area (Å²) in [5, 5.41) is 0. The molecule has 0 N–H and O–H groups in total. The van der Waals surface area contributed by atoms with E-state index in [0.717, 1.165) is 0 Å². The molecule has 6 atom stereocenters. The summed E-state index contributed by atoms with van der Waals surface area (Å²) >= 11 is 0. The van der Waals surface area contributed by atoms with E-state index in [1.165, 1.54) is 57.8 Å². The van der Waals surface area contributed by atoms with Crippen molar-refractivity contribution in [1.82, 2.24) is 0 Å². The molecule has 2 aromatic carbocycles. The van der Waals surface area contributed by atoms with Crippen molar-refractivity contribution >= 4 is 0 Å². The van der Waals surface area contributed by atoms with E-state index in [2.05, 4.69) is 107 Å². The molecule has 0 bridgehead atoms. The highest BCUT2D eigenvalue weighted by atomic mass is 14.3. The molecule has 0 amide bonds. The van der Waals surface area contributed by atoms with E-state index in [1.807, 2.05) is 0 Å². The van der Waals surface area contributed by atoms with Crippen molar-refractivity contribution in [1.29, 1.82) is 0 Å². The van der Waals surface area contributed by atoms with Gasteiger partial charge in [0.05, 0.1) is 0 Å². The molecule has 220 valence electrons. The molecule has 0 spiro atoms. The molecule has 6 unspecified atom stereocenters. The Morgan fingerprint density at radius 3 is 0.923 bits per heavy atom. The summed E-state index contributed by atoms with van der Waals surface area (Å²) in [5.41, 5.74) is 13.3. The summed E-state index contributed by atoms with van der Waals surface area (Å²) < 4.78 is 0. The lowest BCUT2D eigenvalue weighted by atomic mass is 9.76. The molecule has 0 aliphatic heterocycles. The molecule has 2 rings (SSSR count). The Morgan fingerprint density at radius 1 is 0.385 bits per heavy atom. The quantitative estimate of drug-likeness (QED) is 0.202. The van der Waals surface area contributed by atoms with Crippen molar-refractivity contribution in [2.45, 2.75) is 176 Å². The van der Waals surface area contributed by atoms with Crippen LogP contribution in [0.5, 0.6) is 0 Å². The third-order valence-electron chi connectivity index (χ3n) is 10.5. The predicted octanol–water partition coefficient (Wildman–Crippen LogP) is 12.9. The van der Waals surface area contributed by atoms with E-state index in [0.29, 0.717) is 35.5 Å². The molecule has 0 nitrogen and oxygen atoms in total. The first-order valence-electron chi connectivity index (χ1n) is 16.9. The molecule has 2 aromatic rings. The highest BCUT2D eigenvalue weighted by Gasteiger charge is 2.24. The van der Waals surface area contributed by atoms with Gasteiger partial charge >= 0.3 is 0 Å². The standard InChI is InChI=1S/C39H64/c1-13-26(7)32-22-24-34(28(9)15-3)38(30(11)17-5)36(32)20-19-21-37-33(27(8)14-2)23-25-35(29(10)16-4)39(37)31(12)18-6/h22-31H,13-21H2,1-12H3. The fourth-order valence-corrected chi connectivity index (χ4v) is 6.63. The van der Waals surface area contributed by atoms with Gasteiger partial charge in [-0.2, -0.15) is 0 Å². The van der Waals surface area contributed by atoms with Gasteiger partial charge in [-0.25, -0.2) is 0 Å². The molecule has 0 heterocycles. The maximum Gasteiger partial charge on any atom is -0.0187 e. The van der Waals surface area contributed by atoms with Crippen molar-refractivity contribution in [3.8, 4) is 0 Å². The number of benzene rings is 2. The van der Waals surface area contributed by atoms with Crippen LogP contribution < -0.4 is 0 Å². The molecular weight excluding hydrogens is 468 g/mol. The van der Waals surface area contributed by atoms with Crippen molar-refractivity contribution < 1.29 is 0 Å². The Bertz CT molecular complexity index is 930. The van der Waals surface area contributed by atoms with Crippen LogP contribution in [0.3, 0.4) is 0 Å². The zero-order valence-corrected chi connectivity index (χ0v) is 28.1. The first kappa shape index (κ1) is 33.6. The van der Waals surface area contributed by atoms with Crippen LogP contribution in [0.25, 0.3) is 0 Å². The summed E-state index contributed by atoms with van der Waals surface area (Å²) in [6.45, 7) is 28.9. The highest BCUT2D eigenvalue weighted by molar-refractivity contribution is 5.48. The van der Waals surface area contributed by atoms with Crippen molar-refractivity contribution in [3.63, 3.8) is 0 Å². The molecule has 0 saturated heterocycles. The molecule has 0 radical (unpaired) electrons. The lowest BCUT2D eigenvalue weighted by molar-refractivity contribution is 0.636. The smallest absolute Gasteiger partial charge is 0.0187 e. The van der Waals surface area contributed by atoms with E-state index < -0.39 is 0 Å². The van der Waals surface area contributed by atoms with E-state index in [1.54, 1.807) is 44.5 Å². The minimum absolute atomic E-state index is 0.619. The fourth-order valence-electron chi connectivity index (χ4n) is 6.63. The van der Waals surface area contributed by atoms with Crippen LogP contribution in [0, 0.1) is 0 Å². The third-order valence-corrected chi connectivity index (χ3v) is 10.5. The van der Waals surface area contributed by atoms with Gasteiger partial charge in [-0.1, -0.05) is 107 Å². The molecule has 0 aliphatic carbocycles. The number of rotatable bonds is 16. The minimum atomic E-state index is 0.619. The number of hydrogen-bond donors (Lipinski definition) is 0. The van der Waals surface area contributed by atoms with Crippen molar-refractivity contribution in [3.05, 3.63) is 68.8 Å². The fraction of sp³-hybridized carbons (Fsp3) is 0.692. The summed E-state index contributed by atoms with van der Waals surface area (Å²) in [6, 6.07) is 10.0. The second-order valence-corrected chi connectivity index (χ2v) is 13.0. The normalized spacial score (nSPS) is 16.5. The van der Waals surface area contributed by atoms with Gasteiger partial charge in [0, 0.05) is 0 Å². The SMILES string of the molecule is CCC(C)c1ccc(C(C)CC)c(C(C)CC)c1CCCc1c(C(C)CC)ccc(C(C)CC)c1C(C)CC. The van der Waals surface area contributed by atoms with Gasteiger partial charge in [0.25, 0.3) is 0 Å². The highest BCUT2D eigenvalue weighted by Crippen LogP contribution is 2.40. The van der Waals surface area contributed by atoms with Gasteiger partial charge in [-0.3, -0.25) is 0 Å².